The van der Waals surface area contributed by atoms with Gasteiger partial charge in [-0.1, -0.05) is 127 Å². The van der Waals surface area contributed by atoms with E-state index in [4.69, 9.17) is 19.7 Å². The fourth-order valence-electron chi connectivity index (χ4n) is 6.67. The van der Waals surface area contributed by atoms with Gasteiger partial charge < -0.3 is 4.74 Å². The van der Waals surface area contributed by atoms with Crippen LogP contribution in [-0.4, -0.2) is 15.0 Å². The molecule has 9 rings (SSSR count). The van der Waals surface area contributed by atoms with Gasteiger partial charge in [-0.15, -0.1) is 0 Å². The lowest BCUT2D eigenvalue weighted by Crippen LogP contribution is -2.02. The smallest absolute Gasteiger partial charge is 0.164 e. The van der Waals surface area contributed by atoms with E-state index in [1.165, 1.54) is 33.4 Å². The van der Waals surface area contributed by atoms with Crippen LogP contribution in [0.25, 0.3) is 56.4 Å². The van der Waals surface area contributed by atoms with Crippen molar-refractivity contribution < 1.29 is 4.74 Å². The van der Waals surface area contributed by atoms with Crippen LogP contribution in [0.3, 0.4) is 0 Å². The number of ether oxygens (including phenoxy) is 1. The molecule has 4 heteroatoms. The highest BCUT2D eigenvalue weighted by Crippen LogP contribution is 2.58. The normalized spacial score (nSPS) is 13.9. The number of rotatable bonds is 4. The summed E-state index contributed by atoms with van der Waals surface area (Å²) >= 11 is 0. The van der Waals surface area contributed by atoms with Gasteiger partial charge in [0.1, 0.15) is 11.5 Å². The molecule has 0 radical (unpaired) electrons. The summed E-state index contributed by atoms with van der Waals surface area (Å²) in [6, 6.07) is 50.3. The molecule has 7 aromatic rings. The zero-order chi connectivity index (χ0) is 29.0. The van der Waals surface area contributed by atoms with Crippen molar-refractivity contribution in [3.05, 3.63) is 162 Å². The quantitative estimate of drug-likeness (QED) is 0.214. The van der Waals surface area contributed by atoms with E-state index in [2.05, 4.69) is 78.9 Å². The number of fused-ring (bicyclic) bond motifs is 2. The number of benzene rings is 6. The highest BCUT2D eigenvalue weighted by molar-refractivity contribution is 5.97. The summed E-state index contributed by atoms with van der Waals surface area (Å²) in [4.78, 5) is 14.9. The molecule has 1 atom stereocenters. The molecule has 1 unspecified atom stereocenters. The third-order valence-corrected chi connectivity index (χ3v) is 8.60. The van der Waals surface area contributed by atoms with Gasteiger partial charge in [0.25, 0.3) is 0 Å². The minimum atomic E-state index is 0.0535. The van der Waals surface area contributed by atoms with Crippen LogP contribution in [-0.2, 0) is 0 Å². The molecule has 2 aliphatic rings. The number of para-hydroxylation sites is 1. The predicted molar refractivity (Wildman–Crippen MR) is 174 cm³/mol. The first kappa shape index (κ1) is 24.7. The highest BCUT2D eigenvalue weighted by atomic mass is 16.5. The minimum Gasteiger partial charge on any atom is -0.456 e. The Morgan fingerprint density at radius 2 is 0.932 bits per heavy atom. The second kappa shape index (κ2) is 9.85. The SMILES string of the molecule is c1ccc(-c2nc(-c3ccccc3)nc(-c3cccc(C4c5cccc6c5-c5c(cccc54)-c4ccccc4O6)c3)n2)cc1. The summed E-state index contributed by atoms with van der Waals surface area (Å²) in [5.74, 6) is 3.81. The molecule has 0 fully saturated rings. The van der Waals surface area contributed by atoms with Crippen LogP contribution in [0.15, 0.2) is 146 Å². The maximum atomic E-state index is 6.56. The van der Waals surface area contributed by atoms with Crippen molar-refractivity contribution in [1.29, 1.82) is 0 Å². The fourth-order valence-corrected chi connectivity index (χ4v) is 6.67. The van der Waals surface area contributed by atoms with Crippen molar-refractivity contribution in [1.82, 2.24) is 15.0 Å². The Bertz CT molecular complexity index is 2150. The lowest BCUT2D eigenvalue weighted by Gasteiger charge is -2.18. The van der Waals surface area contributed by atoms with E-state index in [0.29, 0.717) is 17.5 Å². The third kappa shape index (κ3) is 3.89. The van der Waals surface area contributed by atoms with Gasteiger partial charge in [-0.2, -0.15) is 0 Å². The molecule has 0 saturated heterocycles. The Kier molecular flexibility index (Phi) is 5.53. The van der Waals surface area contributed by atoms with Gasteiger partial charge in [-0.3, -0.25) is 0 Å². The molecule has 44 heavy (non-hydrogen) atoms. The third-order valence-electron chi connectivity index (χ3n) is 8.60. The summed E-state index contributed by atoms with van der Waals surface area (Å²) in [6.45, 7) is 0. The zero-order valence-corrected chi connectivity index (χ0v) is 23.7. The minimum absolute atomic E-state index is 0.0535. The van der Waals surface area contributed by atoms with E-state index < -0.39 is 0 Å². The number of aromatic nitrogens is 3. The number of nitrogens with zero attached hydrogens (tertiary/aromatic N) is 3. The van der Waals surface area contributed by atoms with Gasteiger partial charge in [0, 0.05) is 33.7 Å². The van der Waals surface area contributed by atoms with E-state index in [1.807, 2.05) is 66.7 Å². The number of hydrogen-bond donors (Lipinski definition) is 0. The molecular formula is C40H25N3O. The summed E-state index contributed by atoms with van der Waals surface area (Å²) in [5.41, 5.74) is 11.4. The van der Waals surface area contributed by atoms with E-state index in [9.17, 15) is 0 Å². The van der Waals surface area contributed by atoms with Crippen LogP contribution < -0.4 is 4.74 Å². The fraction of sp³-hybridized carbons (Fsp3) is 0.0250. The maximum absolute atomic E-state index is 6.56. The van der Waals surface area contributed by atoms with Crippen LogP contribution in [0.5, 0.6) is 11.5 Å². The highest BCUT2D eigenvalue weighted by Gasteiger charge is 2.36. The van der Waals surface area contributed by atoms with Crippen molar-refractivity contribution >= 4 is 0 Å². The van der Waals surface area contributed by atoms with Crippen molar-refractivity contribution in [2.75, 3.05) is 0 Å². The van der Waals surface area contributed by atoms with Gasteiger partial charge >= 0.3 is 0 Å². The second-order valence-corrected chi connectivity index (χ2v) is 11.2. The van der Waals surface area contributed by atoms with Gasteiger partial charge in [0.2, 0.25) is 0 Å². The molecule has 0 saturated carbocycles. The second-order valence-electron chi connectivity index (χ2n) is 11.2. The lowest BCUT2D eigenvalue weighted by molar-refractivity contribution is 0.487. The van der Waals surface area contributed by atoms with Crippen molar-refractivity contribution in [2.24, 2.45) is 0 Å². The number of hydrogen-bond acceptors (Lipinski definition) is 4. The van der Waals surface area contributed by atoms with Gasteiger partial charge in [-0.05, 0) is 46.0 Å². The van der Waals surface area contributed by atoms with Gasteiger partial charge in [0.15, 0.2) is 17.5 Å². The van der Waals surface area contributed by atoms with Crippen molar-refractivity contribution in [2.45, 2.75) is 5.92 Å². The lowest BCUT2D eigenvalue weighted by atomic mass is 9.87. The molecule has 206 valence electrons. The van der Waals surface area contributed by atoms with Gasteiger partial charge in [0.05, 0.1) is 0 Å². The Morgan fingerprint density at radius 3 is 1.66 bits per heavy atom. The van der Waals surface area contributed by atoms with Crippen molar-refractivity contribution in [3.63, 3.8) is 0 Å². The van der Waals surface area contributed by atoms with Crippen LogP contribution in [0.1, 0.15) is 22.6 Å². The average Bonchev–Trinajstić information content (AvgIpc) is 3.36. The molecule has 0 spiro atoms. The summed E-state index contributed by atoms with van der Waals surface area (Å²) < 4.78 is 6.56. The monoisotopic (exact) mass is 563 g/mol. The molecule has 1 aliphatic carbocycles. The van der Waals surface area contributed by atoms with Gasteiger partial charge in [-0.25, -0.2) is 15.0 Å². The molecule has 0 bridgehead atoms. The first-order valence-electron chi connectivity index (χ1n) is 14.8. The Hall–Kier alpha value is -5.87. The maximum Gasteiger partial charge on any atom is 0.164 e. The Balaban J connectivity index is 1.22. The molecule has 0 amide bonds. The van der Waals surface area contributed by atoms with Crippen LogP contribution in [0, 0.1) is 0 Å². The molecular weight excluding hydrogens is 538 g/mol. The molecule has 6 aromatic carbocycles. The van der Waals surface area contributed by atoms with Crippen molar-refractivity contribution in [3.8, 4) is 67.9 Å². The Morgan fingerprint density at radius 1 is 0.409 bits per heavy atom. The Labute approximate surface area is 255 Å². The predicted octanol–water partition coefficient (Wildman–Crippen LogP) is 9.81. The van der Waals surface area contributed by atoms with E-state index in [0.717, 1.165) is 33.8 Å². The average molecular weight is 564 g/mol. The van der Waals surface area contributed by atoms with Crippen LogP contribution >= 0.6 is 0 Å². The van der Waals surface area contributed by atoms with Crippen LogP contribution in [0.2, 0.25) is 0 Å². The summed E-state index contributed by atoms with van der Waals surface area (Å²) in [7, 11) is 0. The zero-order valence-electron chi connectivity index (χ0n) is 23.7. The first-order valence-corrected chi connectivity index (χ1v) is 14.8. The first-order chi connectivity index (χ1) is 21.8. The summed E-state index contributed by atoms with van der Waals surface area (Å²) in [5, 5.41) is 0. The summed E-state index contributed by atoms with van der Waals surface area (Å²) in [6.07, 6.45) is 0. The standard InChI is InChI=1S/C40H25N3O/c1-3-12-25(13-4-1)38-41-39(26-14-5-2-6-15-26)43-40(42-38)28-17-9-16-27(24-28)35-31-20-10-19-30-29-18-7-8-22-33(29)44-34-23-11-21-32(35)37(34)36(30)31/h1-24,35H. The molecule has 0 N–H and O–H groups in total. The van der Waals surface area contributed by atoms with Crippen LogP contribution in [0.4, 0.5) is 0 Å². The topological polar surface area (TPSA) is 47.9 Å². The molecule has 2 heterocycles. The molecule has 1 aliphatic heterocycles. The largest absolute Gasteiger partial charge is 0.456 e. The van der Waals surface area contributed by atoms with E-state index in [-0.39, 0.29) is 5.92 Å². The molecule has 1 aromatic heterocycles. The van der Waals surface area contributed by atoms with E-state index >= 15 is 0 Å². The molecule has 4 nitrogen and oxygen atoms in total. The van der Waals surface area contributed by atoms with E-state index in [1.54, 1.807) is 0 Å².